The van der Waals surface area contributed by atoms with E-state index < -0.39 is 54.3 Å². The molecule has 2 aromatic carbocycles. The number of aliphatic hydroxyl groups excluding tert-OH is 1. The van der Waals surface area contributed by atoms with Crippen molar-refractivity contribution in [2.75, 3.05) is 6.54 Å². The number of amides is 1. The molecule has 1 saturated heterocycles. The van der Waals surface area contributed by atoms with Crippen LogP contribution in [0.1, 0.15) is 24.5 Å². The molecule has 11 nitrogen and oxygen atoms in total. The van der Waals surface area contributed by atoms with Crippen molar-refractivity contribution in [1.29, 1.82) is 0 Å². The Labute approximate surface area is 207 Å². The van der Waals surface area contributed by atoms with Gasteiger partial charge in [-0.2, -0.15) is 0 Å². The number of carboxylic acid groups (broad SMARTS) is 2. The second-order valence-electron chi connectivity index (χ2n) is 8.66. The Morgan fingerprint density at radius 2 is 1.75 bits per heavy atom. The molecule has 36 heavy (non-hydrogen) atoms. The quantitative estimate of drug-likeness (QED) is 0.256. The fourth-order valence-electron chi connectivity index (χ4n) is 4.05. The van der Waals surface area contributed by atoms with Gasteiger partial charge in [-0.05, 0) is 29.7 Å². The minimum absolute atomic E-state index is 0.0434. The summed E-state index contributed by atoms with van der Waals surface area (Å²) >= 11 is 0. The van der Waals surface area contributed by atoms with Crippen molar-refractivity contribution in [3.8, 4) is 5.75 Å². The predicted octanol–water partition coefficient (Wildman–Crippen LogP) is 0.630. The van der Waals surface area contributed by atoms with E-state index >= 15 is 0 Å². The molecule has 1 heterocycles. The van der Waals surface area contributed by atoms with Gasteiger partial charge in [0.2, 0.25) is 5.91 Å². The minimum atomic E-state index is -2.22. The number of nitrogens with one attached hydrogen (secondary N) is 2. The molecule has 1 aliphatic heterocycles. The summed E-state index contributed by atoms with van der Waals surface area (Å²) in [5, 5.41) is 45.3. The first-order valence-electron chi connectivity index (χ1n) is 11.4. The number of hydrogen-bond acceptors (Lipinski definition) is 8. The summed E-state index contributed by atoms with van der Waals surface area (Å²) in [6.45, 7) is 0.928. The first kappa shape index (κ1) is 27.1. The number of carbonyl (C=O) groups excluding carboxylic acids is 1. The number of aromatic hydroxyl groups is 1. The molecular weight excluding hydrogens is 472 g/mol. The average molecular weight is 503 g/mol. The molecule has 1 aliphatic rings. The Hall–Kier alpha value is -3.51. The number of ether oxygens (including phenoxy) is 2. The van der Waals surface area contributed by atoms with Crippen LogP contribution >= 0.6 is 0 Å². The zero-order valence-electron chi connectivity index (χ0n) is 19.7. The van der Waals surface area contributed by atoms with E-state index in [9.17, 15) is 34.8 Å². The number of benzene rings is 2. The maximum absolute atomic E-state index is 12.2. The SMILES string of the molecule is CC(=O)N[C@@H]1C(O)C[C@](OCc2ccccc2)(C(=O)O)OC1CN[C@@H](Cc1ccc(O)cc1)C(=O)O. The van der Waals surface area contributed by atoms with Gasteiger partial charge < -0.3 is 40.5 Å². The Kier molecular flexibility index (Phi) is 8.99. The maximum Gasteiger partial charge on any atom is 0.364 e. The number of carboxylic acids is 2. The zero-order valence-corrected chi connectivity index (χ0v) is 19.7. The number of rotatable bonds is 11. The summed E-state index contributed by atoms with van der Waals surface area (Å²) in [6.07, 6.45) is -2.87. The predicted molar refractivity (Wildman–Crippen MR) is 126 cm³/mol. The molecule has 0 spiro atoms. The van der Waals surface area contributed by atoms with Crippen molar-refractivity contribution in [2.45, 2.75) is 56.5 Å². The monoisotopic (exact) mass is 502 g/mol. The lowest BCUT2D eigenvalue weighted by Gasteiger charge is -2.44. The maximum atomic E-state index is 12.2. The number of aliphatic hydroxyl groups is 1. The molecule has 0 saturated carbocycles. The van der Waals surface area contributed by atoms with Gasteiger partial charge in [0.25, 0.3) is 5.79 Å². The van der Waals surface area contributed by atoms with Crippen LogP contribution < -0.4 is 10.6 Å². The number of carbonyl (C=O) groups is 3. The van der Waals surface area contributed by atoms with E-state index in [1.165, 1.54) is 19.1 Å². The van der Waals surface area contributed by atoms with E-state index in [4.69, 9.17) is 9.47 Å². The number of phenols is 1. The van der Waals surface area contributed by atoms with E-state index in [0.717, 1.165) is 0 Å². The second kappa shape index (κ2) is 12.0. The van der Waals surface area contributed by atoms with Gasteiger partial charge in [0.15, 0.2) is 0 Å². The van der Waals surface area contributed by atoms with Gasteiger partial charge in [-0.15, -0.1) is 0 Å². The van der Waals surface area contributed by atoms with Crippen molar-refractivity contribution < 1.29 is 44.3 Å². The molecule has 2 unspecified atom stereocenters. The topological polar surface area (TPSA) is 175 Å². The zero-order chi connectivity index (χ0) is 26.3. The van der Waals surface area contributed by atoms with Gasteiger partial charge in [-0.25, -0.2) is 4.79 Å². The molecule has 2 aromatic rings. The molecule has 1 fully saturated rings. The Balaban J connectivity index is 1.79. The van der Waals surface area contributed by atoms with E-state index in [0.29, 0.717) is 11.1 Å². The Morgan fingerprint density at radius 3 is 2.33 bits per heavy atom. The van der Waals surface area contributed by atoms with Crippen LogP contribution in [0.5, 0.6) is 5.75 Å². The highest BCUT2D eigenvalue weighted by atomic mass is 16.7. The summed E-state index contributed by atoms with van der Waals surface area (Å²) < 4.78 is 11.5. The third kappa shape index (κ3) is 7.01. The van der Waals surface area contributed by atoms with Gasteiger partial charge in [-0.1, -0.05) is 42.5 Å². The van der Waals surface area contributed by atoms with E-state index in [2.05, 4.69) is 10.6 Å². The number of hydrogen-bond donors (Lipinski definition) is 6. The largest absolute Gasteiger partial charge is 0.508 e. The summed E-state index contributed by atoms with van der Waals surface area (Å²) in [6, 6.07) is 12.8. The summed E-state index contributed by atoms with van der Waals surface area (Å²) in [5.41, 5.74) is 1.33. The lowest BCUT2D eigenvalue weighted by Crippen LogP contribution is -2.66. The molecule has 0 aliphatic carbocycles. The fraction of sp³-hybridized carbons (Fsp3) is 0.400. The number of phenolic OH excluding ortho intramolecular Hbond substituents is 1. The molecule has 5 atom stereocenters. The minimum Gasteiger partial charge on any atom is -0.508 e. The molecule has 0 aromatic heterocycles. The van der Waals surface area contributed by atoms with Crippen LogP contribution in [-0.2, 0) is 36.9 Å². The Morgan fingerprint density at radius 1 is 1.08 bits per heavy atom. The van der Waals surface area contributed by atoms with Gasteiger partial charge in [0, 0.05) is 19.9 Å². The molecule has 1 amide bonds. The lowest BCUT2D eigenvalue weighted by molar-refractivity contribution is -0.298. The highest BCUT2D eigenvalue weighted by Crippen LogP contribution is 2.32. The fourth-order valence-corrected chi connectivity index (χ4v) is 4.05. The summed E-state index contributed by atoms with van der Waals surface area (Å²) in [7, 11) is 0. The second-order valence-corrected chi connectivity index (χ2v) is 8.66. The molecule has 3 rings (SSSR count). The molecule has 6 N–H and O–H groups in total. The highest BCUT2D eigenvalue weighted by molar-refractivity contribution is 5.76. The number of aliphatic carboxylic acids is 2. The van der Waals surface area contributed by atoms with Crippen LogP contribution in [0.3, 0.4) is 0 Å². The van der Waals surface area contributed by atoms with Crippen molar-refractivity contribution in [3.63, 3.8) is 0 Å². The summed E-state index contributed by atoms with van der Waals surface area (Å²) in [5.74, 6) is -5.27. The van der Waals surface area contributed by atoms with Crippen molar-refractivity contribution in [1.82, 2.24) is 10.6 Å². The van der Waals surface area contributed by atoms with Crippen molar-refractivity contribution in [2.24, 2.45) is 0 Å². The average Bonchev–Trinajstić information content (AvgIpc) is 2.83. The van der Waals surface area contributed by atoms with Gasteiger partial charge in [-0.3, -0.25) is 9.59 Å². The third-order valence-electron chi connectivity index (χ3n) is 5.88. The van der Waals surface area contributed by atoms with Crippen LogP contribution in [-0.4, -0.2) is 74.9 Å². The first-order valence-corrected chi connectivity index (χ1v) is 11.4. The van der Waals surface area contributed by atoms with Crippen molar-refractivity contribution in [3.05, 3.63) is 65.7 Å². The standard InChI is InChI=1S/C25H30N2O9/c1-15(28)27-22-20(30)12-25(24(33)34,35-14-17-5-3-2-4-6-17)36-21(22)13-26-19(23(31)32)11-16-7-9-18(29)10-8-16/h2-10,19-22,26,29-30H,11-14H2,1H3,(H,27,28)(H,31,32)(H,33,34)/t19-,20?,21?,22+,25+/m0/s1. The molecule has 11 heteroatoms. The molecule has 194 valence electrons. The third-order valence-corrected chi connectivity index (χ3v) is 5.88. The van der Waals surface area contributed by atoms with Gasteiger partial charge >= 0.3 is 11.9 Å². The van der Waals surface area contributed by atoms with E-state index in [-0.39, 0.29) is 25.3 Å². The van der Waals surface area contributed by atoms with E-state index in [1.54, 1.807) is 42.5 Å². The van der Waals surface area contributed by atoms with Crippen LogP contribution in [0.25, 0.3) is 0 Å². The smallest absolute Gasteiger partial charge is 0.364 e. The normalized spacial score (nSPS) is 24.6. The van der Waals surface area contributed by atoms with Crippen LogP contribution in [0, 0.1) is 0 Å². The lowest BCUT2D eigenvalue weighted by atomic mass is 9.92. The van der Waals surface area contributed by atoms with Gasteiger partial charge in [0.1, 0.15) is 11.8 Å². The summed E-state index contributed by atoms with van der Waals surface area (Å²) in [4.78, 5) is 35.9. The van der Waals surface area contributed by atoms with E-state index in [1.807, 2.05) is 0 Å². The van der Waals surface area contributed by atoms with Crippen molar-refractivity contribution >= 4 is 17.8 Å². The Bertz CT molecular complexity index is 1050. The highest BCUT2D eigenvalue weighted by Gasteiger charge is 2.53. The molecule has 0 bridgehead atoms. The van der Waals surface area contributed by atoms with Gasteiger partial charge in [0.05, 0.1) is 24.9 Å². The molecule has 0 radical (unpaired) electrons. The van der Waals surface area contributed by atoms with Crippen LogP contribution in [0.2, 0.25) is 0 Å². The molecular formula is C25H30N2O9. The first-order chi connectivity index (χ1) is 17.1. The van der Waals surface area contributed by atoms with Crippen LogP contribution in [0.15, 0.2) is 54.6 Å². The van der Waals surface area contributed by atoms with Crippen LogP contribution in [0.4, 0.5) is 0 Å².